The first-order valence-corrected chi connectivity index (χ1v) is 7.33. The molecule has 4 heteroatoms. The Kier molecular flexibility index (Phi) is 5.45. The van der Waals surface area contributed by atoms with Gasteiger partial charge in [-0.15, -0.1) is 0 Å². The molecule has 0 aliphatic carbocycles. The number of aliphatic carboxylic acids is 1. The smallest absolute Gasteiger partial charge is 0.304 e. The molecule has 0 amide bonds. The van der Waals surface area contributed by atoms with Crippen molar-refractivity contribution >= 4 is 5.97 Å². The monoisotopic (exact) mass is 255 g/mol. The molecule has 1 N–H and O–H groups in total. The number of nitrogens with zero attached hydrogens (tertiary/aromatic N) is 1. The molecule has 104 valence electrons. The zero-order valence-electron chi connectivity index (χ0n) is 11.1. The third-order valence-electron chi connectivity index (χ3n) is 4.15. The minimum Gasteiger partial charge on any atom is -0.481 e. The van der Waals surface area contributed by atoms with E-state index in [0.29, 0.717) is 12.5 Å². The summed E-state index contributed by atoms with van der Waals surface area (Å²) in [7, 11) is 0. The average Bonchev–Trinajstić information content (AvgIpc) is 2.84. The van der Waals surface area contributed by atoms with Crippen LogP contribution in [0.4, 0.5) is 0 Å². The molecule has 0 saturated carbocycles. The normalized spacial score (nSPS) is 29.6. The van der Waals surface area contributed by atoms with E-state index >= 15 is 0 Å². The second-order valence-corrected chi connectivity index (χ2v) is 5.56. The maximum Gasteiger partial charge on any atom is 0.304 e. The molecule has 2 unspecified atom stereocenters. The molecule has 0 aromatic heterocycles. The lowest BCUT2D eigenvalue weighted by molar-refractivity contribution is -0.138. The van der Waals surface area contributed by atoms with Gasteiger partial charge in [0.1, 0.15) is 0 Å². The molecule has 2 aliphatic rings. The van der Waals surface area contributed by atoms with Crippen molar-refractivity contribution in [2.45, 2.75) is 63.5 Å². The molecule has 0 radical (unpaired) electrons. The van der Waals surface area contributed by atoms with Crippen molar-refractivity contribution in [3.63, 3.8) is 0 Å². The lowest BCUT2D eigenvalue weighted by Crippen LogP contribution is -2.41. The molecule has 2 rings (SSSR count). The molecule has 0 aromatic rings. The van der Waals surface area contributed by atoms with Crippen molar-refractivity contribution < 1.29 is 14.6 Å². The van der Waals surface area contributed by atoms with Crippen LogP contribution in [0.15, 0.2) is 0 Å². The van der Waals surface area contributed by atoms with Gasteiger partial charge in [-0.1, -0.05) is 6.42 Å². The number of carboxylic acid groups (broad SMARTS) is 1. The van der Waals surface area contributed by atoms with Gasteiger partial charge in [-0.2, -0.15) is 0 Å². The fourth-order valence-corrected chi connectivity index (χ4v) is 3.18. The van der Waals surface area contributed by atoms with Crippen LogP contribution in [0.25, 0.3) is 0 Å². The summed E-state index contributed by atoms with van der Waals surface area (Å²) in [5.74, 6) is -0.661. The predicted octanol–water partition coefficient (Wildman–Crippen LogP) is 2.27. The summed E-state index contributed by atoms with van der Waals surface area (Å²) in [6, 6.07) is 0.265. The van der Waals surface area contributed by atoms with Crippen LogP contribution >= 0.6 is 0 Å². The molecule has 18 heavy (non-hydrogen) atoms. The highest BCUT2D eigenvalue weighted by Gasteiger charge is 2.24. The Morgan fingerprint density at radius 2 is 2.17 bits per heavy atom. The summed E-state index contributed by atoms with van der Waals surface area (Å²) in [4.78, 5) is 13.2. The second-order valence-electron chi connectivity index (χ2n) is 5.56. The van der Waals surface area contributed by atoms with Gasteiger partial charge >= 0.3 is 5.97 Å². The van der Waals surface area contributed by atoms with E-state index in [1.54, 1.807) is 0 Å². The second kappa shape index (κ2) is 7.10. The van der Waals surface area contributed by atoms with Gasteiger partial charge in [-0.05, 0) is 51.6 Å². The van der Waals surface area contributed by atoms with Crippen LogP contribution in [0.2, 0.25) is 0 Å². The number of carbonyl (C=O) groups is 1. The van der Waals surface area contributed by atoms with E-state index in [9.17, 15) is 4.79 Å². The fraction of sp³-hybridized carbons (Fsp3) is 0.929. The van der Waals surface area contributed by atoms with Crippen LogP contribution in [0, 0.1) is 0 Å². The summed E-state index contributed by atoms with van der Waals surface area (Å²) < 4.78 is 5.62. The molecule has 0 aromatic carbocycles. The van der Waals surface area contributed by atoms with E-state index in [1.165, 1.54) is 25.7 Å². The molecule has 2 atom stereocenters. The van der Waals surface area contributed by atoms with Gasteiger partial charge in [-0.3, -0.25) is 9.69 Å². The minimum atomic E-state index is -0.661. The molecule has 2 fully saturated rings. The summed E-state index contributed by atoms with van der Waals surface area (Å²) >= 11 is 0. The minimum absolute atomic E-state index is 0.265. The Hall–Kier alpha value is -0.610. The van der Waals surface area contributed by atoms with Gasteiger partial charge in [0.05, 0.1) is 12.5 Å². The first-order chi connectivity index (χ1) is 8.75. The summed E-state index contributed by atoms with van der Waals surface area (Å²) in [6.07, 6.45) is 8.90. The van der Waals surface area contributed by atoms with E-state index in [-0.39, 0.29) is 6.04 Å². The maximum atomic E-state index is 10.8. The molecule has 2 aliphatic heterocycles. The largest absolute Gasteiger partial charge is 0.481 e. The van der Waals surface area contributed by atoms with E-state index in [4.69, 9.17) is 9.84 Å². The van der Waals surface area contributed by atoms with Gasteiger partial charge in [-0.25, -0.2) is 0 Å². The number of hydrogen-bond acceptors (Lipinski definition) is 3. The van der Waals surface area contributed by atoms with E-state index in [2.05, 4.69) is 4.90 Å². The van der Waals surface area contributed by atoms with Gasteiger partial charge in [0, 0.05) is 12.6 Å². The first-order valence-electron chi connectivity index (χ1n) is 7.33. The molecule has 0 bridgehead atoms. The SMILES string of the molecule is O=C(O)CC1CCCCN1CCCC1CCCO1. The quantitative estimate of drug-likeness (QED) is 0.791. The van der Waals surface area contributed by atoms with Crippen LogP contribution < -0.4 is 0 Å². The Balaban J connectivity index is 1.69. The van der Waals surface area contributed by atoms with Gasteiger partial charge in [0.25, 0.3) is 0 Å². The van der Waals surface area contributed by atoms with E-state index in [1.807, 2.05) is 0 Å². The Morgan fingerprint density at radius 1 is 1.28 bits per heavy atom. The van der Waals surface area contributed by atoms with Gasteiger partial charge < -0.3 is 9.84 Å². The Labute approximate surface area is 109 Å². The standard InChI is InChI=1S/C14H25NO3/c16-14(17)11-12-5-1-2-8-15(12)9-3-6-13-7-4-10-18-13/h12-13H,1-11H2,(H,16,17). The summed E-state index contributed by atoms with van der Waals surface area (Å²) in [5, 5.41) is 8.93. The zero-order valence-corrected chi connectivity index (χ0v) is 11.1. The lowest BCUT2D eigenvalue weighted by atomic mass is 9.98. The van der Waals surface area contributed by atoms with Crippen LogP contribution in [0.5, 0.6) is 0 Å². The van der Waals surface area contributed by atoms with Crippen molar-refractivity contribution in [2.75, 3.05) is 19.7 Å². The fourth-order valence-electron chi connectivity index (χ4n) is 3.18. The van der Waals surface area contributed by atoms with Crippen LogP contribution in [-0.2, 0) is 9.53 Å². The third-order valence-corrected chi connectivity index (χ3v) is 4.15. The highest BCUT2D eigenvalue weighted by molar-refractivity contribution is 5.67. The van der Waals surface area contributed by atoms with Gasteiger partial charge in [0.15, 0.2) is 0 Å². The topological polar surface area (TPSA) is 49.8 Å². The molecule has 2 saturated heterocycles. The highest BCUT2D eigenvalue weighted by Crippen LogP contribution is 2.22. The number of ether oxygens (including phenoxy) is 1. The van der Waals surface area contributed by atoms with Crippen molar-refractivity contribution in [2.24, 2.45) is 0 Å². The molecule has 2 heterocycles. The van der Waals surface area contributed by atoms with Crippen molar-refractivity contribution in [1.29, 1.82) is 0 Å². The predicted molar refractivity (Wildman–Crippen MR) is 69.7 cm³/mol. The van der Waals surface area contributed by atoms with E-state index < -0.39 is 5.97 Å². The van der Waals surface area contributed by atoms with Crippen molar-refractivity contribution in [1.82, 2.24) is 4.90 Å². The van der Waals surface area contributed by atoms with Crippen LogP contribution in [0.3, 0.4) is 0 Å². The van der Waals surface area contributed by atoms with Crippen LogP contribution in [0.1, 0.15) is 51.4 Å². The Morgan fingerprint density at radius 3 is 2.89 bits per heavy atom. The van der Waals surface area contributed by atoms with Crippen LogP contribution in [-0.4, -0.2) is 47.8 Å². The first kappa shape index (κ1) is 13.8. The highest BCUT2D eigenvalue weighted by atomic mass is 16.5. The molecule has 4 nitrogen and oxygen atoms in total. The number of likely N-dealkylation sites (tertiary alicyclic amines) is 1. The van der Waals surface area contributed by atoms with Crippen molar-refractivity contribution in [3.8, 4) is 0 Å². The number of rotatable bonds is 6. The summed E-state index contributed by atoms with van der Waals surface area (Å²) in [5.41, 5.74) is 0. The zero-order chi connectivity index (χ0) is 12.8. The average molecular weight is 255 g/mol. The molecular weight excluding hydrogens is 230 g/mol. The summed E-state index contributed by atoms with van der Waals surface area (Å²) in [6.45, 7) is 3.04. The van der Waals surface area contributed by atoms with E-state index in [0.717, 1.165) is 39.0 Å². The number of piperidine rings is 1. The van der Waals surface area contributed by atoms with Gasteiger partial charge in [0.2, 0.25) is 0 Å². The number of carboxylic acids is 1. The molecule has 0 spiro atoms. The lowest BCUT2D eigenvalue weighted by Gasteiger charge is -2.35. The molecular formula is C14H25NO3. The third kappa shape index (κ3) is 4.25. The maximum absolute atomic E-state index is 10.8. The van der Waals surface area contributed by atoms with Crippen molar-refractivity contribution in [3.05, 3.63) is 0 Å². The number of hydrogen-bond donors (Lipinski definition) is 1. The Bertz CT molecular complexity index is 264.